The van der Waals surface area contributed by atoms with Gasteiger partial charge in [-0.15, -0.1) is 0 Å². The maximum atomic E-state index is 14.8. The number of hydrogen-bond acceptors (Lipinski definition) is 4. The van der Waals surface area contributed by atoms with Crippen molar-refractivity contribution in [3.63, 3.8) is 0 Å². The molecule has 2 aliphatic heterocycles. The molecule has 1 fully saturated rings. The summed E-state index contributed by atoms with van der Waals surface area (Å²) in [6, 6.07) is 10.8. The first-order valence-electron chi connectivity index (χ1n) is 11.5. The van der Waals surface area contributed by atoms with E-state index in [4.69, 9.17) is 4.42 Å². The fraction of sp³-hybridized carbons (Fsp3) is 0.400. The maximum Gasteiger partial charge on any atom is 0.289 e. The van der Waals surface area contributed by atoms with Crippen LogP contribution in [0.15, 0.2) is 53.1 Å². The van der Waals surface area contributed by atoms with E-state index >= 15 is 0 Å². The smallest absolute Gasteiger partial charge is 0.289 e. The molecule has 174 valence electrons. The predicted octanol–water partition coefficient (Wildman–Crippen LogP) is 3.74. The Bertz CT molecular complexity index is 1130. The van der Waals surface area contributed by atoms with Crippen LogP contribution in [-0.2, 0) is 13.1 Å². The van der Waals surface area contributed by atoms with E-state index in [9.17, 15) is 13.6 Å². The molecule has 33 heavy (non-hydrogen) atoms. The van der Waals surface area contributed by atoms with Crippen LogP contribution in [0.5, 0.6) is 0 Å². The fourth-order valence-electron chi connectivity index (χ4n) is 4.88. The quantitative estimate of drug-likeness (QED) is 0.589. The summed E-state index contributed by atoms with van der Waals surface area (Å²) in [6.07, 6.45) is 1.98. The van der Waals surface area contributed by atoms with Crippen LogP contribution < -0.4 is 0 Å². The van der Waals surface area contributed by atoms with Crippen LogP contribution in [0.25, 0.3) is 0 Å². The summed E-state index contributed by atoms with van der Waals surface area (Å²) in [5.74, 6) is -0.271. The highest BCUT2D eigenvalue weighted by molar-refractivity contribution is 5.91. The largest absolute Gasteiger partial charge is 0.455 e. The maximum absolute atomic E-state index is 14.8. The highest BCUT2D eigenvalue weighted by atomic mass is 19.1. The van der Waals surface area contributed by atoms with Gasteiger partial charge in [0.25, 0.3) is 5.91 Å². The molecule has 0 aliphatic carbocycles. The van der Waals surface area contributed by atoms with Crippen molar-refractivity contribution in [1.29, 1.82) is 0 Å². The molecule has 4 heterocycles. The lowest BCUT2D eigenvalue weighted by Crippen LogP contribution is -2.48. The molecule has 1 unspecified atom stereocenters. The highest BCUT2D eigenvalue weighted by Crippen LogP contribution is 2.35. The number of amides is 1. The van der Waals surface area contributed by atoms with Gasteiger partial charge in [-0.1, -0.05) is 13.0 Å². The number of furan rings is 1. The Hall–Kier alpha value is -2.97. The zero-order valence-electron chi connectivity index (χ0n) is 18.7. The van der Waals surface area contributed by atoms with Gasteiger partial charge < -0.3 is 18.8 Å². The molecular formula is C25H28F2N4O2. The summed E-state index contributed by atoms with van der Waals surface area (Å²) < 4.78 is 36.4. The lowest BCUT2D eigenvalue weighted by atomic mass is 9.99. The first-order valence-corrected chi connectivity index (χ1v) is 11.5. The number of carbonyl (C=O) groups is 1. The van der Waals surface area contributed by atoms with Gasteiger partial charge in [0.05, 0.1) is 12.6 Å². The van der Waals surface area contributed by atoms with Crippen LogP contribution >= 0.6 is 0 Å². The number of aromatic nitrogens is 1. The minimum atomic E-state index is -0.594. The molecule has 8 heteroatoms. The molecule has 2 aliphatic rings. The molecular weight excluding hydrogens is 426 g/mol. The van der Waals surface area contributed by atoms with Crippen molar-refractivity contribution < 1.29 is 18.0 Å². The van der Waals surface area contributed by atoms with Crippen LogP contribution in [0.2, 0.25) is 0 Å². The fourth-order valence-corrected chi connectivity index (χ4v) is 4.88. The molecule has 0 radical (unpaired) electrons. The van der Waals surface area contributed by atoms with Gasteiger partial charge >= 0.3 is 0 Å². The van der Waals surface area contributed by atoms with Crippen molar-refractivity contribution >= 4 is 5.91 Å². The van der Waals surface area contributed by atoms with E-state index in [0.717, 1.165) is 37.9 Å². The van der Waals surface area contributed by atoms with Gasteiger partial charge in [0.2, 0.25) is 0 Å². The number of carbonyl (C=O) groups excluding carboxylic acids is 1. The topological polar surface area (TPSA) is 44.9 Å². The summed E-state index contributed by atoms with van der Waals surface area (Å²) in [4.78, 5) is 19.2. The first-order chi connectivity index (χ1) is 16.0. The van der Waals surface area contributed by atoms with Crippen LogP contribution in [0.4, 0.5) is 8.78 Å². The normalized spacial score (nSPS) is 19.6. The number of nitrogens with zero attached hydrogens (tertiary/aromatic N) is 4. The molecule has 0 N–H and O–H groups in total. The van der Waals surface area contributed by atoms with Crippen LogP contribution in [-0.4, -0.2) is 64.4 Å². The van der Waals surface area contributed by atoms with Crippen molar-refractivity contribution in [1.82, 2.24) is 19.3 Å². The predicted molar refractivity (Wildman–Crippen MR) is 120 cm³/mol. The van der Waals surface area contributed by atoms with Gasteiger partial charge in [-0.25, -0.2) is 8.78 Å². The molecule has 2 aromatic heterocycles. The zero-order valence-corrected chi connectivity index (χ0v) is 18.7. The van der Waals surface area contributed by atoms with Crippen molar-refractivity contribution in [2.75, 3.05) is 39.3 Å². The van der Waals surface area contributed by atoms with E-state index in [1.807, 2.05) is 29.3 Å². The van der Waals surface area contributed by atoms with Gasteiger partial charge in [-0.3, -0.25) is 9.69 Å². The molecule has 6 nitrogen and oxygen atoms in total. The minimum absolute atomic E-state index is 0.0920. The Morgan fingerprint density at radius 3 is 2.61 bits per heavy atom. The van der Waals surface area contributed by atoms with Gasteiger partial charge in [0.1, 0.15) is 17.4 Å². The number of likely N-dealkylation sites (N-methyl/N-ethyl adjacent to an activating group) is 1. The average molecular weight is 455 g/mol. The number of piperazine rings is 1. The molecule has 1 aromatic carbocycles. The molecule has 0 bridgehead atoms. The zero-order chi connectivity index (χ0) is 22.9. The van der Waals surface area contributed by atoms with Crippen LogP contribution in [0.1, 0.15) is 40.5 Å². The van der Waals surface area contributed by atoms with Crippen molar-refractivity contribution in [3.05, 3.63) is 83.1 Å². The standard InChI is InChI=1S/C25H28F2N4O2/c1-2-28-10-12-30(13-11-28)25(32)23-8-6-19(33-23)17-31-15-14-29-9-3-4-22(29)24(31)20-7-5-18(26)16-21(20)27/h3-9,16,24H,2,10-15,17H2,1H3. The summed E-state index contributed by atoms with van der Waals surface area (Å²) in [5, 5.41) is 0. The molecule has 0 saturated carbocycles. The lowest BCUT2D eigenvalue weighted by Gasteiger charge is -2.37. The number of rotatable bonds is 5. The monoisotopic (exact) mass is 454 g/mol. The molecule has 5 rings (SSSR count). The average Bonchev–Trinajstić information content (AvgIpc) is 3.49. The summed E-state index contributed by atoms with van der Waals surface area (Å²) >= 11 is 0. The SMILES string of the molecule is CCN1CCN(C(=O)c2ccc(CN3CCn4cccc4C3c3ccc(F)cc3F)o2)CC1. The Kier molecular flexibility index (Phi) is 6.03. The second kappa shape index (κ2) is 9.11. The van der Waals surface area contributed by atoms with Crippen LogP contribution in [0.3, 0.4) is 0 Å². The van der Waals surface area contributed by atoms with Gasteiger partial charge in [-0.2, -0.15) is 0 Å². The van der Waals surface area contributed by atoms with E-state index in [2.05, 4.69) is 21.3 Å². The molecule has 1 saturated heterocycles. The summed E-state index contributed by atoms with van der Waals surface area (Å²) in [7, 11) is 0. The Balaban J connectivity index is 1.35. The van der Waals surface area contributed by atoms with Gasteiger partial charge in [0.15, 0.2) is 5.76 Å². The Morgan fingerprint density at radius 1 is 1.03 bits per heavy atom. The second-order valence-electron chi connectivity index (χ2n) is 8.66. The van der Waals surface area contributed by atoms with E-state index in [1.165, 1.54) is 12.1 Å². The Morgan fingerprint density at radius 2 is 1.85 bits per heavy atom. The molecule has 0 spiro atoms. The van der Waals surface area contributed by atoms with Crippen molar-refractivity contribution in [3.8, 4) is 0 Å². The number of fused-ring (bicyclic) bond motifs is 1. The minimum Gasteiger partial charge on any atom is -0.455 e. The molecule has 1 atom stereocenters. The molecule has 1 amide bonds. The third-order valence-corrected chi connectivity index (χ3v) is 6.73. The number of halogens is 2. The third-order valence-electron chi connectivity index (χ3n) is 6.73. The van der Waals surface area contributed by atoms with E-state index in [1.54, 1.807) is 6.07 Å². The van der Waals surface area contributed by atoms with Gasteiger partial charge in [0, 0.05) is 62.8 Å². The van der Waals surface area contributed by atoms with Gasteiger partial charge in [-0.05, 0) is 36.9 Å². The van der Waals surface area contributed by atoms with Crippen LogP contribution in [0, 0.1) is 11.6 Å². The number of benzene rings is 1. The Labute approximate surface area is 192 Å². The number of hydrogen-bond donors (Lipinski definition) is 0. The lowest BCUT2D eigenvalue weighted by molar-refractivity contribution is 0.0607. The summed E-state index contributed by atoms with van der Waals surface area (Å²) in [6.45, 7) is 8.09. The molecule has 3 aromatic rings. The third kappa shape index (κ3) is 4.32. The second-order valence-corrected chi connectivity index (χ2v) is 8.66. The van der Waals surface area contributed by atoms with E-state index < -0.39 is 11.6 Å². The van der Waals surface area contributed by atoms with E-state index in [0.29, 0.717) is 43.3 Å². The van der Waals surface area contributed by atoms with E-state index in [-0.39, 0.29) is 11.9 Å². The summed E-state index contributed by atoms with van der Waals surface area (Å²) in [5.41, 5.74) is 1.37. The first kappa shape index (κ1) is 21.9. The van der Waals surface area contributed by atoms with Crippen molar-refractivity contribution in [2.45, 2.75) is 26.1 Å². The van der Waals surface area contributed by atoms with Crippen molar-refractivity contribution in [2.24, 2.45) is 0 Å². The highest BCUT2D eigenvalue weighted by Gasteiger charge is 2.32.